The Morgan fingerprint density at radius 2 is 1.66 bits per heavy atom. The Bertz CT molecular complexity index is 1260. The SMILES string of the molecule is CC1(C)CC2C(CC[C@]3(C)C2C(=O)C[C@@H]2[C@@]4(C)C=C(C#N)C(=O)C(C)(C)[C@@H]4CC[C@]23C)[C@H](c2nn[nH]n2)C1. The Morgan fingerprint density at radius 1 is 0.947 bits per heavy atom. The molecule has 7 nitrogen and oxygen atoms in total. The van der Waals surface area contributed by atoms with E-state index in [-0.39, 0.29) is 51.1 Å². The van der Waals surface area contributed by atoms with Crippen LogP contribution in [0.1, 0.15) is 105 Å². The molecular weight excluding hydrogens is 474 g/mol. The standard InChI is InChI=1S/C31H43N5O2/c1-27(2)14-19-18(20(15-27)26-33-35-36-34-26)8-10-31(7)24(19)21(37)12-23-29(5)13-17(16-32)25(38)28(3,4)22(29)9-11-30(23,31)6/h13,18-20,22-24H,8-12,14-15H2,1-7H3,(H,33,34,35,36)/t18?,19?,20-,22+,23-,24?,29+,30-,31-/m1/s1. The number of allylic oxidation sites excluding steroid dienone is 2. The van der Waals surface area contributed by atoms with Crippen LogP contribution in [0, 0.1) is 68.0 Å². The minimum absolute atomic E-state index is 0.0225. The molecule has 1 aromatic rings. The van der Waals surface area contributed by atoms with Gasteiger partial charge in [-0.15, -0.1) is 10.2 Å². The number of hydrogen-bond acceptors (Lipinski definition) is 6. The molecule has 0 radical (unpaired) electrons. The van der Waals surface area contributed by atoms with E-state index in [4.69, 9.17) is 0 Å². The highest BCUT2D eigenvalue weighted by Gasteiger charge is 2.71. The number of ketones is 2. The van der Waals surface area contributed by atoms with Crippen molar-refractivity contribution in [3.05, 3.63) is 17.5 Å². The average Bonchev–Trinajstić information content (AvgIpc) is 3.37. The van der Waals surface area contributed by atoms with Crippen molar-refractivity contribution in [2.75, 3.05) is 0 Å². The van der Waals surface area contributed by atoms with Crippen molar-refractivity contribution in [3.8, 4) is 6.07 Å². The van der Waals surface area contributed by atoms with E-state index in [9.17, 15) is 14.9 Å². The fourth-order valence-electron chi connectivity index (χ4n) is 11.3. The first kappa shape index (κ1) is 25.9. The van der Waals surface area contributed by atoms with E-state index in [1.807, 2.05) is 19.9 Å². The smallest absolute Gasteiger partial charge is 0.178 e. The number of tetrazole rings is 1. The molecular formula is C31H43N5O2. The highest BCUT2D eigenvalue weighted by molar-refractivity contribution is 6.04. The molecule has 1 N–H and O–H groups in total. The predicted molar refractivity (Wildman–Crippen MR) is 142 cm³/mol. The number of Topliss-reactive ketones (excluding diaryl/α,β-unsaturated/α-hetero) is 2. The summed E-state index contributed by atoms with van der Waals surface area (Å²) in [5.41, 5.74) is -0.722. The number of nitrogens with zero attached hydrogens (tertiary/aromatic N) is 4. The van der Waals surface area contributed by atoms with Gasteiger partial charge in [-0.1, -0.05) is 59.8 Å². The normalized spacial score (nSPS) is 47.1. The Morgan fingerprint density at radius 3 is 2.32 bits per heavy atom. The molecule has 5 aliphatic rings. The first-order valence-electron chi connectivity index (χ1n) is 14.6. The zero-order valence-corrected chi connectivity index (χ0v) is 24.1. The molecule has 1 aromatic heterocycles. The van der Waals surface area contributed by atoms with E-state index in [1.165, 1.54) is 0 Å². The lowest BCUT2D eigenvalue weighted by Crippen LogP contribution is -2.67. The van der Waals surface area contributed by atoms with E-state index >= 15 is 0 Å². The number of carbonyl (C=O) groups is 2. The third-order valence-electron chi connectivity index (χ3n) is 13.0. The van der Waals surface area contributed by atoms with Crippen LogP contribution in [0.5, 0.6) is 0 Å². The first-order chi connectivity index (χ1) is 17.7. The summed E-state index contributed by atoms with van der Waals surface area (Å²) in [6.45, 7) is 15.8. The minimum atomic E-state index is -0.598. The van der Waals surface area contributed by atoms with E-state index in [0.29, 0.717) is 29.6 Å². The molecule has 4 fully saturated rings. The number of aromatic amines is 1. The quantitative estimate of drug-likeness (QED) is 0.502. The maximum absolute atomic E-state index is 14.5. The number of rotatable bonds is 1. The molecule has 1 heterocycles. The van der Waals surface area contributed by atoms with Crippen LogP contribution in [0.3, 0.4) is 0 Å². The second-order valence-corrected chi connectivity index (χ2v) is 15.5. The summed E-state index contributed by atoms with van der Waals surface area (Å²) >= 11 is 0. The van der Waals surface area contributed by atoms with Gasteiger partial charge in [-0.25, -0.2) is 0 Å². The van der Waals surface area contributed by atoms with Gasteiger partial charge in [-0.2, -0.15) is 10.5 Å². The average molecular weight is 518 g/mol. The third kappa shape index (κ3) is 3.15. The van der Waals surface area contributed by atoms with Crippen molar-refractivity contribution in [1.29, 1.82) is 5.26 Å². The highest BCUT2D eigenvalue weighted by Crippen LogP contribution is 2.75. The zero-order valence-electron chi connectivity index (χ0n) is 24.1. The van der Waals surface area contributed by atoms with Gasteiger partial charge in [0.2, 0.25) is 0 Å². The van der Waals surface area contributed by atoms with Crippen LogP contribution in [0.2, 0.25) is 0 Å². The van der Waals surface area contributed by atoms with Crippen molar-refractivity contribution in [2.24, 2.45) is 56.7 Å². The molecule has 5 aliphatic carbocycles. The molecule has 0 bridgehead atoms. The Balaban J connectivity index is 1.44. The van der Waals surface area contributed by atoms with Crippen LogP contribution < -0.4 is 0 Å². The molecule has 0 spiro atoms. The predicted octanol–water partition coefficient (Wildman–Crippen LogP) is 5.82. The van der Waals surface area contributed by atoms with Gasteiger partial charge in [0.1, 0.15) is 11.9 Å². The van der Waals surface area contributed by atoms with Crippen LogP contribution in [0.15, 0.2) is 11.6 Å². The summed E-state index contributed by atoms with van der Waals surface area (Å²) in [5, 5.41) is 25.3. The second kappa shape index (κ2) is 7.86. The number of nitrogens with one attached hydrogen (secondary N) is 1. The van der Waals surface area contributed by atoms with Gasteiger partial charge >= 0.3 is 0 Å². The molecule has 38 heavy (non-hydrogen) atoms. The maximum atomic E-state index is 14.5. The molecule has 9 atom stereocenters. The summed E-state index contributed by atoms with van der Waals surface area (Å²) in [5.74, 6) is 2.39. The Labute approximate surface area is 226 Å². The lowest BCUT2D eigenvalue weighted by Gasteiger charge is -2.71. The zero-order chi connectivity index (χ0) is 27.5. The molecule has 7 heteroatoms. The Kier molecular flexibility index (Phi) is 5.35. The van der Waals surface area contributed by atoms with E-state index in [0.717, 1.165) is 44.3 Å². The molecule has 6 rings (SSSR count). The van der Waals surface area contributed by atoms with Crippen molar-refractivity contribution < 1.29 is 9.59 Å². The summed E-state index contributed by atoms with van der Waals surface area (Å²) in [4.78, 5) is 27.7. The Hall–Kier alpha value is -2.36. The van der Waals surface area contributed by atoms with Crippen molar-refractivity contribution in [2.45, 2.75) is 99.3 Å². The lowest BCUT2D eigenvalue weighted by atomic mass is 9.32. The van der Waals surface area contributed by atoms with Gasteiger partial charge in [-0.05, 0) is 83.9 Å². The first-order valence-corrected chi connectivity index (χ1v) is 14.6. The number of H-pyrrole nitrogens is 1. The molecule has 0 amide bonds. The van der Waals surface area contributed by atoms with Crippen LogP contribution in [0.25, 0.3) is 0 Å². The minimum Gasteiger partial charge on any atom is -0.299 e. The van der Waals surface area contributed by atoms with Gasteiger partial charge in [-0.3, -0.25) is 9.59 Å². The van der Waals surface area contributed by atoms with Crippen LogP contribution in [-0.2, 0) is 9.59 Å². The summed E-state index contributed by atoms with van der Waals surface area (Å²) in [6, 6.07) is 2.22. The van der Waals surface area contributed by atoms with Crippen LogP contribution in [0.4, 0.5) is 0 Å². The third-order valence-corrected chi connectivity index (χ3v) is 13.0. The molecule has 0 aromatic carbocycles. The second-order valence-electron chi connectivity index (χ2n) is 15.5. The van der Waals surface area contributed by atoms with Gasteiger partial charge in [0.25, 0.3) is 0 Å². The summed E-state index contributed by atoms with van der Waals surface area (Å²) < 4.78 is 0. The van der Waals surface area contributed by atoms with Gasteiger partial charge in [0.05, 0.1) is 5.57 Å². The number of aromatic nitrogens is 4. The number of fused-ring (bicyclic) bond motifs is 7. The molecule has 0 saturated heterocycles. The largest absolute Gasteiger partial charge is 0.299 e. The van der Waals surface area contributed by atoms with E-state index in [1.54, 1.807) is 0 Å². The fourth-order valence-corrected chi connectivity index (χ4v) is 11.3. The molecule has 0 aliphatic heterocycles. The molecule has 4 saturated carbocycles. The van der Waals surface area contributed by atoms with Crippen LogP contribution >= 0.6 is 0 Å². The van der Waals surface area contributed by atoms with E-state index in [2.05, 4.69) is 61.3 Å². The number of carbonyl (C=O) groups excluding carboxylic acids is 2. The topological polar surface area (TPSA) is 112 Å². The van der Waals surface area contributed by atoms with Crippen molar-refractivity contribution >= 4 is 11.6 Å². The number of nitriles is 1. The maximum Gasteiger partial charge on any atom is 0.178 e. The monoisotopic (exact) mass is 517 g/mol. The van der Waals surface area contributed by atoms with Gasteiger partial charge in [0.15, 0.2) is 11.6 Å². The van der Waals surface area contributed by atoms with Crippen molar-refractivity contribution in [1.82, 2.24) is 20.6 Å². The van der Waals surface area contributed by atoms with E-state index < -0.39 is 5.41 Å². The summed E-state index contributed by atoms with van der Waals surface area (Å²) in [7, 11) is 0. The van der Waals surface area contributed by atoms with Gasteiger partial charge < -0.3 is 0 Å². The van der Waals surface area contributed by atoms with Crippen LogP contribution in [-0.4, -0.2) is 32.2 Å². The van der Waals surface area contributed by atoms with Crippen molar-refractivity contribution in [3.63, 3.8) is 0 Å². The molecule has 204 valence electrons. The highest BCUT2D eigenvalue weighted by atomic mass is 16.1. The summed E-state index contributed by atoms with van der Waals surface area (Å²) in [6.07, 6.45) is 8.69. The number of hydrogen-bond donors (Lipinski definition) is 1. The fraction of sp³-hybridized carbons (Fsp3) is 0.806. The molecule has 3 unspecified atom stereocenters. The lowest BCUT2D eigenvalue weighted by molar-refractivity contribution is -0.212. The van der Waals surface area contributed by atoms with Gasteiger partial charge in [0, 0.05) is 23.7 Å².